The second-order valence-electron chi connectivity index (χ2n) is 4.37. The van der Waals surface area contributed by atoms with Gasteiger partial charge < -0.3 is 9.73 Å². The van der Waals surface area contributed by atoms with Gasteiger partial charge in [-0.2, -0.15) is 5.10 Å². The summed E-state index contributed by atoms with van der Waals surface area (Å²) in [6.45, 7) is 4.11. The summed E-state index contributed by atoms with van der Waals surface area (Å²) in [5.41, 5.74) is 3.42. The van der Waals surface area contributed by atoms with Gasteiger partial charge in [0.05, 0.1) is 11.1 Å². The highest BCUT2D eigenvalue weighted by Gasteiger charge is 2.07. The molecule has 0 spiro atoms. The zero-order valence-corrected chi connectivity index (χ0v) is 12.9. The molecule has 0 bridgehead atoms. The molecule has 7 nitrogen and oxygen atoms in total. The number of thiocarbonyl (C=S) groups is 1. The van der Waals surface area contributed by atoms with Gasteiger partial charge in [0, 0.05) is 24.2 Å². The molecule has 2 aromatic rings. The van der Waals surface area contributed by atoms with E-state index in [1.54, 1.807) is 30.3 Å². The fourth-order valence-corrected chi connectivity index (χ4v) is 1.82. The number of hydrogen-bond acceptors (Lipinski definition) is 5. The molecule has 8 heteroatoms. The average molecular weight is 330 g/mol. The number of nitrogens with zero attached hydrogens (tertiary/aromatic N) is 2. The van der Waals surface area contributed by atoms with Crippen molar-refractivity contribution in [3.63, 3.8) is 0 Å². The summed E-state index contributed by atoms with van der Waals surface area (Å²) in [7, 11) is 0. The van der Waals surface area contributed by atoms with Gasteiger partial charge in [0.25, 0.3) is 5.69 Å². The third kappa shape index (κ3) is 4.75. The molecule has 0 amide bonds. The third-order valence-corrected chi connectivity index (χ3v) is 2.99. The summed E-state index contributed by atoms with van der Waals surface area (Å²) in [6.07, 6.45) is 3.16. The van der Waals surface area contributed by atoms with Crippen LogP contribution in [0.5, 0.6) is 0 Å². The van der Waals surface area contributed by atoms with Crippen LogP contribution in [0.25, 0.3) is 11.3 Å². The first kappa shape index (κ1) is 16.4. The molecule has 1 aromatic carbocycles. The molecule has 0 aliphatic rings. The largest absolute Gasteiger partial charge is 0.455 e. The number of rotatable bonds is 6. The summed E-state index contributed by atoms with van der Waals surface area (Å²) in [5.74, 6) is 1.12. The molecule has 2 N–H and O–H groups in total. The molecule has 0 aliphatic heterocycles. The van der Waals surface area contributed by atoms with Crippen LogP contribution in [0, 0.1) is 10.1 Å². The molecular formula is C15H14N4O3S. The van der Waals surface area contributed by atoms with Crippen molar-refractivity contribution in [2.24, 2.45) is 5.10 Å². The van der Waals surface area contributed by atoms with E-state index in [1.807, 2.05) is 0 Å². The molecule has 1 aromatic heterocycles. The summed E-state index contributed by atoms with van der Waals surface area (Å²) >= 11 is 4.98. The van der Waals surface area contributed by atoms with E-state index >= 15 is 0 Å². The van der Waals surface area contributed by atoms with Crippen molar-refractivity contribution >= 4 is 29.2 Å². The fraction of sp³-hybridized carbons (Fsp3) is 0.0667. The molecular weight excluding hydrogens is 316 g/mol. The van der Waals surface area contributed by atoms with Crippen LogP contribution in [-0.4, -0.2) is 22.8 Å². The quantitative estimate of drug-likeness (QED) is 0.278. The van der Waals surface area contributed by atoms with Crippen molar-refractivity contribution < 1.29 is 9.34 Å². The number of nitro groups is 1. The van der Waals surface area contributed by atoms with E-state index in [4.69, 9.17) is 16.6 Å². The highest BCUT2D eigenvalue weighted by Crippen LogP contribution is 2.23. The van der Waals surface area contributed by atoms with Crippen molar-refractivity contribution in [1.82, 2.24) is 10.7 Å². The van der Waals surface area contributed by atoms with Crippen molar-refractivity contribution in [2.75, 3.05) is 6.54 Å². The van der Waals surface area contributed by atoms with Crippen LogP contribution in [0.4, 0.5) is 5.69 Å². The third-order valence-electron chi connectivity index (χ3n) is 2.75. The van der Waals surface area contributed by atoms with Gasteiger partial charge in [0.15, 0.2) is 5.11 Å². The summed E-state index contributed by atoms with van der Waals surface area (Å²) in [6, 6.07) is 9.61. The van der Waals surface area contributed by atoms with Gasteiger partial charge in [-0.1, -0.05) is 6.08 Å². The number of nitro benzene ring substituents is 1. The summed E-state index contributed by atoms with van der Waals surface area (Å²) < 4.78 is 5.59. The maximum absolute atomic E-state index is 10.6. The van der Waals surface area contributed by atoms with Gasteiger partial charge in [0.1, 0.15) is 11.5 Å². The molecule has 0 fully saturated rings. The second-order valence-corrected chi connectivity index (χ2v) is 4.78. The van der Waals surface area contributed by atoms with E-state index in [0.717, 1.165) is 5.56 Å². The average Bonchev–Trinajstić information content (AvgIpc) is 3.02. The summed E-state index contributed by atoms with van der Waals surface area (Å²) in [5, 5.41) is 17.8. The highest BCUT2D eigenvalue weighted by molar-refractivity contribution is 7.80. The lowest BCUT2D eigenvalue weighted by atomic mass is 10.1. The number of non-ortho nitro benzene ring substituents is 1. The maximum Gasteiger partial charge on any atom is 0.269 e. The van der Waals surface area contributed by atoms with Gasteiger partial charge in [-0.3, -0.25) is 15.5 Å². The lowest BCUT2D eigenvalue weighted by molar-refractivity contribution is -0.384. The minimum Gasteiger partial charge on any atom is -0.455 e. The Morgan fingerprint density at radius 1 is 1.35 bits per heavy atom. The molecule has 118 valence electrons. The Morgan fingerprint density at radius 2 is 2.09 bits per heavy atom. The van der Waals surface area contributed by atoms with E-state index in [9.17, 15) is 10.1 Å². The van der Waals surface area contributed by atoms with Crippen LogP contribution in [0.1, 0.15) is 5.76 Å². The number of benzene rings is 1. The van der Waals surface area contributed by atoms with Crippen molar-refractivity contribution in [1.29, 1.82) is 0 Å². The second kappa shape index (κ2) is 7.85. The molecule has 23 heavy (non-hydrogen) atoms. The molecule has 0 saturated carbocycles. The Balaban J connectivity index is 1.98. The van der Waals surface area contributed by atoms with Crippen LogP contribution < -0.4 is 10.7 Å². The predicted octanol–water partition coefficient (Wildman–Crippen LogP) is 2.84. The Hall–Kier alpha value is -3.00. The highest BCUT2D eigenvalue weighted by atomic mass is 32.1. The Labute approximate surface area is 137 Å². The Kier molecular flexibility index (Phi) is 5.59. The topological polar surface area (TPSA) is 92.7 Å². The van der Waals surface area contributed by atoms with Crippen LogP contribution in [0.2, 0.25) is 0 Å². The van der Waals surface area contributed by atoms with Gasteiger partial charge in [-0.15, -0.1) is 6.58 Å². The molecule has 1 heterocycles. The molecule has 0 saturated heterocycles. The molecule has 2 rings (SSSR count). The molecule has 0 unspecified atom stereocenters. The first-order valence-electron chi connectivity index (χ1n) is 6.62. The predicted molar refractivity (Wildman–Crippen MR) is 92.3 cm³/mol. The van der Waals surface area contributed by atoms with E-state index in [-0.39, 0.29) is 5.69 Å². The van der Waals surface area contributed by atoms with E-state index in [0.29, 0.717) is 23.2 Å². The van der Waals surface area contributed by atoms with E-state index in [2.05, 4.69) is 22.4 Å². The maximum atomic E-state index is 10.6. The zero-order valence-electron chi connectivity index (χ0n) is 12.1. The number of hydrazone groups is 1. The Bertz CT molecular complexity index is 737. The number of hydrogen-bond donors (Lipinski definition) is 2. The number of furan rings is 1. The van der Waals surface area contributed by atoms with Gasteiger partial charge in [-0.05, 0) is 36.5 Å². The normalized spacial score (nSPS) is 10.4. The van der Waals surface area contributed by atoms with Crippen molar-refractivity contribution in [3.8, 4) is 11.3 Å². The first-order valence-corrected chi connectivity index (χ1v) is 7.03. The smallest absolute Gasteiger partial charge is 0.269 e. The molecule has 0 radical (unpaired) electrons. The number of nitrogens with one attached hydrogen (secondary N) is 2. The van der Waals surface area contributed by atoms with Crippen LogP contribution >= 0.6 is 12.2 Å². The van der Waals surface area contributed by atoms with Gasteiger partial charge in [0.2, 0.25) is 0 Å². The summed E-state index contributed by atoms with van der Waals surface area (Å²) in [4.78, 5) is 10.2. The minimum absolute atomic E-state index is 0.0341. The Morgan fingerprint density at radius 3 is 2.74 bits per heavy atom. The standard InChI is InChI=1S/C15H14N4O3S/c1-2-9-16-15(23)18-17-10-13-7-8-14(22-13)11-3-5-12(6-4-11)19(20)21/h2-8,10H,1,9H2,(H2,16,18,23)/b17-10-. The monoisotopic (exact) mass is 330 g/mol. The van der Waals surface area contributed by atoms with E-state index < -0.39 is 4.92 Å². The first-order chi connectivity index (χ1) is 11.1. The van der Waals surface area contributed by atoms with E-state index in [1.165, 1.54) is 18.3 Å². The van der Waals surface area contributed by atoms with Gasteiger partial charge >= 0.3 is 0 Å². The molecule has 0 aliphatic carbocycles. The lowest BCUT2D eigenvalue weighted by Gasteiger charge is -2.02. The van der Waals surface area contributed by atoms with Crippen LogP contribution in [-0.2, 0) is 0 Å². The SMILES string of the molecule is C=CCNC(=S)N/N=C\c1ccc(-c2ccc([N+](=O)[O-])cc2)o1. The van der Waals surface area contributed by atoms with Gasteiger partial charge in [-0.25, -0.2) is 0 Å². The van der Waals surface area contributed by atoms with Crippen LogP contribution in [0.3, 0.4) is 0 Å². The van der Waals surface area contributed by atoms with Crippen molar-refractivity contribution in [2.45, 2.75) is 0 Å². The minimum atomic E-state index is -0.445. The van der Waals surface area contributed by atoms with Crippen LogP contribution in [0.15, 0.2) is 58.6 Å². The fourth-order valence-electron chi connectivity index (χ4n) is 1.68. The zero-order chi connectivity index (χ0) is 16.7. The van der Waals surface area contributed by atoms with Crippen molar-refractivity contribution in [3.05, 3.63) is 64.9 Å². The lowest BCUT2D eigenvalue weighted by Crippen LogP contribution is -2.31. The molecule has 0 atom stereocenters.